The highest BCUT2D eigenvalue weighted by Gasteiger charge is 2.43. The lowest BCUT2D eigenvalue weighted by Crippen LogP contribution is -2.30. The Kier molecular flexibility index (Phi) is 2.55. The van der Waals surface area contributed by atoms with Gasteiger partial charge in [0.2, 0.25) is 0 Å². The summed E-state index contributed by atoms with van der Waals surface area (Å²) < 4.78 is 25.4. The Hall–Kier alpha value is 0.200. The van der Waals surface area contributed by atoms with Crippen LogP contribution >= 0.6 is 0 Å². The molecule has 1 atom stereocenters. The molecule has 1 saturated carbocycles. The molecule has 0 radical (unpaired) electrons. The smallest absolute Gasteiger partial charge is 0.115 e. The van der Waals surface area contributed by atoms with Gasteiger partial charge in [0, 0.05) is 23.3 Å². The van der Waals surface area contributed by atoms with Crippen LogP contribution in [0.3, 0.4) is 0 Å². The molecule has 0 saturated heterocycles. The van der Waals surface area contributed by atoms with Gasteiger partial charge in [0.25, 0.3) is 0 Å². The molecule has 0 aliphatic heterocycles. The number of alkyl halides is 1. The number of nitrogens with one attached hydrogen (secondary N) is 1. The van der Waals surface area contributed by atoms with Crippen molar-refractivity contribution in [1.29, 1.82) is 0 Å². The molecule has 0 aromatic carbocycles. The maximum absolute atomic E-state index is 12.1. The van der Waals surface area contributed by atoms with Crippen molar-refractivity contribution in [3.8, 4) is 0 Å². The number of halogens is 1. The molecule has 1 N–H and O–H groups in total. The Bertz CT molecular complexity index is 116. The Balaban J connectivity index is 2.13. The zero-order valence-corrected chi connectivity index (χ0v) is 6.84. The van der Waals surface area contributed by atoms with E-state index in [1.54, 1.807) is 6.26 Å². The minimum Gasteiger partial charge on any atom is -0.598 e. The molecule has 1 aliphatic rings. The Morgan fingerprint density at radius 2 is 2.30 bits per heavy atom. The highest BCUT2D eigenvalue weighted by molar-refractivity contribution is 7.88. The van der Waals surface area contributed by atoms with Crippen LogP contribution in [-0.4, -0.2) is 24.0 Å². The lowest BCUT2D eigenvalue weighted by molar-refractivity contribution is 0.341. The first kappa shape index (κ1) is 8.30. The van der Waals surface area contributed by atoms with Gasteiger partial charge in [0.05, 0.1) is 6.67 Å². The summed E-state index contributed by atoms with van der Waals surface area (Å²) in [6.45, 7) is 0.282. The van der Waals surface area contributed by atoms with Crippen LogP contribution in [0.2, 0.25) is 0 Å². The topological polar surface area (TPSA) is 35.1 Å². The zero-order valence-electron chi connectivity index (χ0n) is 6.02. The van der Waals surface area contributed by atoms with E-state index in [1.807, 2.05) is 0 Å². The molecule has 4 heteroatoms. The molecule has 1 fully saturated rings. The molecule has 10 heavy (non-hydrogen) atoms. The van der Waals surface area contributed by atoms with Gasteiger partial charge in [-0.3, -0.25) is 4.39 Å². The summed E-state index contributed by atoms with van der Waals surface area (Å²) in [7, 11) is 0. The first-order valence-corrected chi connectivity index (χ1v) is 4.87. The molecule has 0 amide bonds. The van der Waals surface area contributed by atoms with E-state index in [-0.39, 0.29) is 12.1 Å². The van der Waals surface area contributed by atoms with E-state index < -0.39 is 11.4 Å². The van der Waals surface area contributed by atoms with E-state index >= 15 is 0 Å². The van der Waals surface area contributed by atoms with Crippen molar-refractivity contribution >= 4 is 11.4 Å². The Morgan fingerprint density at radius 3 is 2.60 bits per heavy atom. The molecule has 0 heterocycles. The number of rotatable bonds is 4. The second-order valence-corrected chi connectivity index (χ2v) is 4.11. The summed E-state index contributed by atoms with van der Waals surface area (Å²) in [6, 6.07) is 0. The van der Waals surface area contributed by atoms with Crippen molar-refractivity contribution in [2.45, 2.75) is 12.8 Å². The molecule has 0 bridgehead atoms. The van der Waals surface area contributed by atoms with Crippen molar-refractivity contribution in [3.63, 3.8) is 0 Å². The Morgan fingerprint density at radius 1 is 1.70 bits per heavy atom. The predicted octanol–water partition coefficient (Wildman–Crippen LogP) is 0.619. The molecule has 2 nitrogen and oxygen atoms in total. The SMILES string of the molecule is C[S+]([O-])NCC1(CF)CC1. The van der Waals surface area contributed by atoms with Crippen molar-refractivity contribution < 1.29 is 8.94 Å². The van der Waals surface area contributed by atoms with Crippen LogP contribution in [-0.2, 0) is 11.4 Å². The van der Waals surface area contributed by atoms with Crippen LogP contribution in [0.15, 0.2) is 0 Å². The zero-order chi connectivity index (χ0) is 7.61. The van der Waals surface area contributed by atoms with E-state index in [4.69, 9.17) is 0 Å². The molecule has 0 aromatic heterocycles. The van der Waals surface area contributed by atoms with Crippen LogP contribution in [0, 0.1) is 5.41 Å². The third-order valence-electron chi connectivity index (χ3n) is 1.89. The maximum Gasteiger partial charge on any atom is 0.115 e. The fraction of sp³-hybridized carbons (Fsp3) is 1.00. The van der Waals surface area contributed by atoms with Crippen molar-refractivity contribution in [2.75, 3.05) is 19.5 Å². The van der Waals surface area contributed by atoms with Gasteiger partial charge in [-0.05, 0) is 12.8 Å². The van der Waals surface area contributed by atoms with Crippen LogP contribution < -0.4 is 4.72 Å². The van der Waals surface area contributed by atoms with Crippen LogP contribution in [0.25, 0.3) is 0 Å². The lowest BCUT2D eigenvalue weighted by Gasteiger charge is -2.11. The van der Waals surface area contributed by atoms with Gasteiger partial charge in [-0.2, -0.15) is 0 Å². The second-order valence-electron chi connectivity index (χ2n) is 2.91. The molecule has 1 aliphatic carbocycles. The van der Waals surface area contributed by atoms with Gasteiger partial charge in [-0.15, -0.1) is 4.72 Å². The maximum atomic E-state index is 12.1. The van der Waals surface area contributed by atoms with Crippen LogP contribution in [0.5, 0.6) is 0 Å². The summed E-state index contributed by atoms with van der Waals surface area (Å²) in [5.41, 5.74) is -0.147. The first-order chi connectivity index (χ1) is 4.68. The van der Waals surface area contributed by atoms with Gasteiger partial charge < -0.3 is 4.55 Å². The predicted molar refractivity (Wildman–Crippen MR) is 39.7 cm³/mol. The summed E-state index contributed by atoms with van der Waals surface area (Å²) in [5, 5.41) is 0. The van der Waals surface area contributed by atoms with Gasteiger partial charge >= 0.3 is 0 Å². The highest BCUT2D eigenvalue weighted by atomic mass is 32.2. The van der Waals surface area contributed by atoms with Crippen molar-refractivity contribution in [3.05, 3.63) is 0 Å². The van der Waals surface area contributed by atoms with E-state index in [9.17, 15) is 8.94 Å². The molecule has 0 spiro atoms. The van der Waals surface area contributed by atoms with Gasteiger partial charge in [-0.25, -0.2) is 0 Å². The summed E-state index contributed by atoms with van der Waals surface area (Å²) in [6.07, 6.45) is 3.44. The quantitative estimate of drug-likeness (QED) is 0.620. The van der Waals surface area contributed by atoms with E-state index in [1.165, 1.54) is 0 Å². The lowest BCUT2D eigenvalue weighted by atomic mass is 10.1. The molecular formula is C6H12FNOS. The molecular weight excluding hydrogens is 153 g/mol. The number of hydrogen-bond donors (Lipinski definition) is 1. The summed E-state index contributed by atoms with van der Waals surface area (Å²) in [5.74, 6) is 0. The summed E-state index contributed by atoms with van der Waals surface area (Å²) in [4.78, 5) is 0. The van der Waals surface area contributed by atoms with Gasteiger partial charge in [-0.1, -0.05) is 0 Å². The van der Waals surface area contributed by atoms with E-state index in [2.05, 4.69) is 4.72 Å². The minimum atomic E-state index is -0.990. The monoisotopic (exact) mass is 165 g/mol. The minimum absolute atomic E-state index is 0.147. The third-order valence-corrected chi connectivity index (χ3v) is 2.44. The van der Waals surface area contributed by atoms with Crippen molar-refractivity contribution in [1.82, 2.24) is 4.72 Å². The standard InChI is InChI=1S/C6H12FNOS/c1-10(9)8-5-6(4-7)2-3-6/h8H,2-5H2,1H3. The van der Waals surface area contributed by atoms with Crippen molar-refractivity contribution in [2.24, 2.45) is 5.41 Å². The summed E-state index contributed by atoms with van der Waals surface area (Å²) >= 11 is -0.990. The largest absolute Gasteiger partial charge is 0.598 e. The fourth-order valence-corrected chi connectivity index (χ4v) is 1.30. The average Bonchev–Trinajstić information content (AvgIpc) is 2.64. The first-order valence-electron chi connectivity index (χ1n) is 3.31. The normalized spacial score (nSPS) is 24.3. The fourth-order valence-electron chi connectivity index (χ4n) is 0.789. The van der Waals surface area contributed by atoms with E-state index in [0.717, 1.165) is 12.8 Å². The molecule has 0 aromatic rings. The molecule has 60 valence electrons. The van der Waals surface area contributed by atoms with Crippen LogP contribution in [0.1, 0.15) is 12.8 Å². The number of hydrogen-bond acceptors (Lipinski definition) is 2. The van der Waals surface area contributed by atoms with Gasteiger partial charge in [0.1, 0.15) is 6.26 Å². The van der Waals surface area contributed by atoms with E-state index in [0.29, 0.717) is 6.54 Å². The average molecular weight is 165 g/mol. The van der Waals surface area contributed by atoms with Gasteiger partial charge in [0.15, 0.2) is 0 Å². The molecule has 1 rings (SSSR count). The third kappa shape index (κ3) is 2.11. The molecule has 1 unspecified atom stereocenters. The highest BCUT2D eigenvalue weighted by Crippen LogP contribution is 2.45. The van der Waals surface area contributed by atoms with Crippen LogP contribution in [0.4, 0.5) is 4.39 Å². The Labute approximate surface area is 63.5 Å². The second kappa shape index (κ2) is 3.07.